The fraction of sp³-hybridized carbons (Fsp3) is 0.308. The van der Waals surface area contributed by atoms with Crippen molar-refractivity contribution in [2.24, 2.45) is 5.92 Å². The number of rotatable bonds is 5. The number of carbonyl (C=O) groups is 1. The van der Waals surface area contributed by atoms with Crippen LogP contribution in [0, 0.1) is 17.2 Å². The van der Waals surface area contributed by atoms with E-state index in [1.165, 1.54) is 23.7 Å². The summed E-state index contributed by atoms with van der Waals surface area (Å²) in [5, 5.41) is 10.6. The van der Waals surface area contributed by atoms with Gasteiger partial charge in [-0.3, -0.25) is 15.2 Å². The third kappa shape index (κ3) is 4.70. The molecule has 23 heavy (non-hydrogen) atoms. The van der Waals surface area contributed by atoms with Crippen molar-refractivity contribution in [3.63, 3.8) is 0 Å². The Labute approximate surface area is 154 Å². The third-order valence-electron chi connectivity index (χ3n) is 2.57. The summed E-state index contributed by atoms with van der Waals surface area (Å²) in [6.07, 6.45) is 2.98. The lowest BCUT2D eigenvalue weighted by Gasteiger charge is -2.26. The maximum atomic E-state index is 12.4. The van der Waals surface area contributed by atoms with Crippen LogP contribution in [0.1, 0.15) is 29.3 Å². The van der Waals surface area contributed by atoms with Crippen LogP contribution in [0.5, 0.6) is 0 Å². The van der Waals surface area contributed by atoms with Crippen LogP contribution in [0.2, 0.25) is 0 Å². The number of hydrogen-bond acceptors (Lipinski definition) is 7. The lowest BCUT2D eigenvalue weighted by molar-refractivity contribution is 0.0951. The molecule has 2 heterocycles. The number of amides is 1. The Balaban J connectivity index is 2.30. The Kier molecular flexibility index (Phi) is 6.04. The number of halogens is 2. The normalized spacial score (nSPS) is 10.4. The summed E-state index contributed by atoms with van der Waals surface area (Å²) in [7, 11) is 0. The van der Waals surface area contributed by atoms with Gasteiger partial charge in [0.2, 0.25) is 5.82 Å². The monoisotopic (exact) mass is 458 g/mol. The van der Waals surface area contributed by atoms with E-state index >= 15 is 0 Å². The Morgan fingerprint density at radius 3 is 2.74 bits per heavy atom. The highest BCUT2D eigenvalue weighted by Crippen LogP contribution is 2.24. The third-order valence-corrected chi connectivity index (χ3v) is 4.60. The van der Waals surface area contributed by atoms with Gasteiger partial charge in [0, 0.05) is 12.7 Å². The Hall–Kier alpha value is -1.57. The molecule has 1 N–H and O–H groups in total. The maximum absolute atomic E-state index is 12.4. The van der Waals surface area contributed by atoms with Crippen molar-refractivity contribution >= 4 is 54.9 Å². The smallest absolute Gasteiger partial charge is 0.267 e. The molecule has 0 unspecified atom stereocenters. The van der Waals surface area contributed by atoms with E-state index < -0.39 is 0 Å². The zero-order chi connectivity index (χ0) is 17.0. The highest BCUT2D eigenvalue weighted by atomic mass is 79.9. The SMILES string of the molecule is CC(C)CN(NC(=O)c1cnc(Br)s1)c1nc(C#N)ncc1Br. The van der Waals surface area contributed by atoms with Crippen molar-refractivity contribution in [2.45, 2.75) is 13.8 Å². The van der Waals surface area contributed by atoms with Crippen LogP contribution in [0.25, 0.3) is 0 Å². The van der Waals surface area contributed by atoms with Crippen LogP contribution in [-0.4, -0.2) is 27.4 Å². The van der Waals surface area contributed by atoms with Gasteiger partial charge in [-0.2, -0.15) is 10.2 Å². The second kappa shape index (κ2) is 7.81. The van der Waals surface area contributed by atoms with Crippen molar-refractivity contribution in [1.82, 2.24) is 20.4 Å². The minimum absolute atomic E-state index is 0.0340. The molecule has 120 valence electrons. The summed E-state index contributed by atoms with van der Waals surface area (Å²) >= 11 is 7.82. The average Bonchev–Trinajstić information content (AvgIpc) is 2.93. The van der Waals surface area contributed by atoms with Gasteiger partial charge >= 0.3 is 0 Å². The molecular weight excluding hydrogens is 448 g/mol. The van der Waals surface area contributed by atoms with Gasteiger partial charge in [0.25, 0.3) is 5.91 Å². The van der Waals surface area contributed by atoms with Crippen LogP contribution in [-0.2, 0) is 0 Å². The minimum Gasteiger partial charge on any atom is -0.267 e. The summed E-state index contributed by atoms with van der Waals surface area (Å²) in [4.78, 5) is 24.9. The van der Waals surface area contributed by atoms with E-state index in [2.05, 4.69) is 52.2 Å². The number of thiazole rings is 1. The molecule has 1 amide bonds. The van der Waals surface area contributed by atoms with Crippen molar-refractivity contribution in [3.05, 3.63) is 31.5 Å². The van der Waals surface area contributed by atoms with Gasteiger partial charge in [-0.1, -0.05) is 13.8 Å². The predicted octanol–water partition coefficient (Wildman–Crippen LogP) is 3.14. The highest BCUT2D eigenvalue weighted by molar-refractivity contribution is 9.11. The Bertz CT molecular complexity index is 757. The predicted molar refractivity (Wildman–Crippen MR) is 93.9 cm³/mol. The maximum Gasteiger partial charge on any atom is 0.281 e. The van der Waals surface area contributed by atoms with Crippen molar-refractivity contribution in [3.8, 4) is 6.07 Å². The van der Waals surface area contributed by atoms with Crippen molar-refractivity contribution in [1.29, 1.82) is 5.26 Å². The average molecular weight is 460 g/mol. The van der Waals surface area contributed by atoms with Gasteiger partial charge < -0.3 is 0 Å². The zero-order valence-electron chi connectivity index (χ0n) is 12.2. The van der Waals surface area contributed by atoms with Gasteiger partial charge in [-0.15, -0.1) is 11.3 Å². The zero-order valence-corrected chi connectivity index (χ0v) is 16.2. The molecule has 0 spiro atoms. The van der Waals surface area contributed by atoms with Gasteiger partial charge in [-0.05, 0) is 37.8 Å². The van der Waals surface area contributed by atoms with E-state index in [1.54, 1.807) is 5.01 Å². The number of nitrogens with zero attached hydrogens (tertiary/aromatic N) is 5. The molecule has 0 aliphatic heterocycles. The first-order valence-electron chi connectivity index (χ1n) is 6.53. The summed E-state index contributed by atoms with van der Waals surface area (Å²) < 4.78 is 1.22. The van der Waals surface area contributed by atoms with Crippen molar-refractivity contribution < 1.29 is 4.79 Å². The lowest BCUT2D eigenvalue weighted by Crippen LogP contribution is -2.45. The number of hydrogen-bond donors (Lipinski definition) is 1. The second-order valence-corrected chi connectivity index (χ2v) is 8.06. The number of nitriles is 1. The number of aromatic nitrogens is 3. The van der Waals surface area contributed by atoms with Gasteiger partial charge in [0.05, 0.1) is 10.7 Å². The van der Waals surface area contributed by atoms with E-state index in [0.29, 0.717) is 25.6 Å². The molecule has 0 aliphatic rings. The first-order chi connectivity index (χ1) is 10.9. The van der Waals surface area contributed by atoms with Crippen LogP contribution < -0.4 is 10.4 Å². The molecular formula is C13H12Br2N6OS. The summed E-state index contributed by atoms with van der Waals surface area (Å²) in [6.45, 7) is 4.55. The van der Waals surface area contributed by atoms with E-state index in [9.17, 15) is 4.79 Å². The quantitative estimate of drug-likeness (QED) is 0.690. The van der Waals surface area contributed by atoms with E-state index in [1.807, 2.05) is 19.9 Å². The number of nitrogens with one attached hydrogen (secondary N) is 1. The Morgan fingerprint density at radius 2 is 2.17 bits per heavy atom. The van der Waals surface area contributed by atoms with E-state index in [4.69, 9.17) is 5.26 Å². The van der Waals surface area contributed by atoms with Gasteiger partial charge in [0.15, 0.2) is 9.73 Å². The number of hydrazine groups is 1. The first-order valence-corrected chi connectivity index (χ1v) is 8.93. The number of carbonyl (C=O) groups excluding carboxylic acids is 1. The molecule has 7 nitrogen and oxygen atoms in total. The highest BCUT2D eigenvalue weighted by Gasteiger charge is 2.19. The molecule has 0 fully saturated rings. The molecule has 0 bridgehead atoms. The molecule has 0 aliphatic carbocycles. The molecule has 0 radical (unpaired) electrons. The van der Waals surface area contributed by atoms with Crippen LogP contribution in [0.15, 0.2) is 20.8 Å². The fourth-order valence-corrected chi connectivity index (χ4v) is 3.25. The van der Waals surface area contributed by atoms with E-state index in [0.717, 1.165) is 0 Å². The molecule has 0 saturated carbocycles. The van der Waals surface area contributed by atoms with Crippen LogP contribution >= 0.6 is 43.2 Å². The molecule has 10 heteroatoms. The molecule has 0 saturated heterocycles. The summed E-state index contributed by atoms with van der Waals surface area (Å²) in [6, 6.07) is 1.89. The molecule has 0 atom stereocenters. The fourth-order valence-electron chi connectivity index (χ4n) is 1.69. The van der Waals surface area contributed by atoms with Gasteiger partial charge in [-0.25, -0.2) is 9.97 Å². The first kappa shape index (κ1) is 17.8. The summed E-state index contributed by atoms with van der Waals surface area (Å²) in [5.41, 5.74) is 2.80. The minimum atomic E-state index is -0.294. The molecule has 0 aromatic carbocycles. The largest absolute Gasteiger partial charge is 0.281 e. The molecule has 2 rings (SSSR count). The molecule has 2 aromatic heterocycles. The van der Waals surface area contributed by atoms with Gasteiger partial charge in [0.1, 0.15) is 10.9 Å². The standard InChI is InChI=1S/C13H12Br2N6OS/c1-7(2)6-21(11-8(14)4-17-10(3-16)19-11)20-12(22)9-5-18-13(15)23-9/h4-5,7H,6H2,1-2H3,(H,20,22). The topological polar surface area (TPSA) is 94.8 Å². The second-order valence-electron chi connectivity index (χ2n) is 4.90. The lowest BCUT2D eigenvalue weighted by atomic mass is 10.2. The van der Waals surface area contributed by atoms with Crippen LogP contribution in [0.4, 0.5) is 5.82 Å². The number of anilines is 1. The van der Waals surface area contributed by atoms with E-state index in [-0.39, 0.29) is 17.6 Å². The van der Waals surface area contributed by atoms with Crippen LogP contribution in [0.3, 0.4) is 0 Å². The molecule has 2 aromatic rings. The summed E-state index contributed by atoms with van der Waals surface area (Å²) in [5.74, 6) is 0.433. The van der Waals surface area contributed by atoms with Crippen molar-refractivity contribution in [2.75, 3.05) is 11.6 Å². The Morgan fingerprint density at radius 1 is 1.43 bits per heavy atom.